The first kappa shape index (κ1) is 9.21. The molecule has 1 nitrogen and oxygen atoms in total. The van der Waals surface area contributed by atoms with Crippen molar-refractivity contribution in [3.05, 3.63) is 0 Å². The van der Waals surface area contributed by atoms with E-state index in [4.69, 9.17) is 4.74 Å². The molecule has 1 aliphatic heterocycles. The lowest BCUT2D eigenvalue weighted by Crippen LogP contribution is -2.55. The zero-order valence-corrected chi connectivity index (χ0v) is 9.46. The van der Waals surface area contributed by atoms with Crippen LogP contribution in [0.2, 0.25) is 0 Å². The number of hydrogen-bond donors (Lipinski definition) is 0. The average Bonchev–Trinajstić information content (AvgIpc) is 2.80. The number of rotatable bonds is 3. The summed E-state index contributed by atoms with van der Waals surface area (Å²) < 4.78 is 5.71. The Hall–Kier alpha value is -0.0400. The summed E-state index contributed by atoms with van der Waals surface area (Å²) in [5, 5.41) is 0. The van der Waals surface area contributed by atoms with Gasteiger partial charge in [-0.1, -0.05) is 19.3 Å². The van der Waals surface area contributed by atoms with Gasteiger partial charge in [-0.2, -0.15) is 0 Å². The van der Waals surface area contributed by atoms with Crippen molar-refractivity contribution in [1.82, 2.24) is 0 Å². The van der Waals surface area contributed by atoms with Crippen LogP contribution in [0.5, 0.6) is 0 Å². The Balaban J connectivity index is 1.71. The number of hydrogen-bond acceptors (Lipinski definition) is 1. The van der Waals surface area contributed by atoms with Gasteiger partial charge in [-0.25, -0.2) is 0 Å². The third kappa shape index (κ3) is 1.32. The quantitative estimate of drug-likeness (QED) is 0.670. The largest absolute Gasteiger partial charge is 0.375 e. The van der Waals surface area contributed by atoms with E-state index in [-0.39, 0.29) is 5.60 Å². The fraction of sp³-hybridized carbons (Fsp3) is 1.00. The summed E-state index contributed by atoms with van der Waals surface area (Å²) in [6.45, 7) is 5.62. The molecule has 2 atom stereocenters. The molecule has 0 amide bonds. The van der Waals surface area contributed by atoms with Crippen molar-refractivity contribution in [2.45, 2.75) is 51.6 Å². The lowest BCUT2D eigenvalue weighted by molar-refractivity contribution is -0.214. The second-order valence-electron chi connectivity index (χ2n) is 6.13. The van der Waals surface area contributed by atoms with Crippen molar-refractivity contribution in [1.29, 1.82) is 0 Å². The van der Waals surface area contributed by atoms with E-state index < -0.39 is 0 Å². The molecule has 14 heavy (non-hydrogen) atoms. The van der Waals surface area contributed by atoms with Crippen LogP contribution < -0.4 is 0 Å². The first-order valence-electron chi connectivity index (χ1n) is 6.32. The molecule has 0 aromatic rings. The van der Waals surface area contributed by atoms with E-state index in [1.165, 1.54) is 32.1 Å². The van der Waals surface area contributed by atoms with Crippen LogP contribution in [0.4, 0.5) is 0 Å². The van der Waals surface area contributed by atoms with Crippen LogP contribution >= 0.6 is 0 Å². The normalized spacial score (nSPS) is 38.6. The van der Waals surface area contributed by atoms with Crippen molar-refractivity contribution in [3.63, 3.8) is 0 Å². The highest BCUT2D eigenvalue weighted by molar-refractivity contribution is 5.01. The highest BCUT2D eigenvalue weighted by atomic mass is 16.5. The molecule has 2 saturated carbocycles. The van der Waals surface area contributed by atoms with Gasteiger partial charge in [-0.3, -0.25) is 0 Å². The maximum atomic E-state index is 5.71. The first-order valence-corrected chi connectivity index (χ1v) is 6.32. The average molecular weight is 194 g/mol. The molecular formula is C13H22O. The van der Waals surface area contributed by atoms with Crippen molar-refractivity contribution in [2.75, 3.05) is 6.61 Å². The molecule has 2 aliphatic carbocycles. The number of ether oxygens (including phenoxy) is 1. The van der Waals surface area contributed by atoms with Gasteiger partial charge in [0.25, 0.3) is 0 Å². The topological polar surface area (TPSA) is 9.23 Å². The van der Waals surface area contributed by atoms with E-state index in [1.807, 2.05) is 0 Å². The smallest absolute Gasteiger partial charge is 0.0679 e. The lowest BCUT2D eigenvalue weighted by atomic mass is 9.63. The van der Waals surface area contributed by atoms with Crippen molar-refractivity contribution in [2.24, 2.45) is 23.7 Å². The van der Waals surface area contributed by atoms with Crippen molar-refractivity contribution < 1.29 is 4.74 Å². The summed E-state index contributed by atoms with van der Waals surface area (Å²) >= 11 is 0. The minimum absolute atomic E-state index is 0.197. The van der Waals surface area contributed by atoms with Gasteiger partial charge in [-0.15, -0.1) is 0 Å². The molecule has 2 unspecified atom stereocenters. The highest BCUT2D eigenvalue weighted by Gasteiger charge is 2.52. The molecule has 0 spiro atoms. The lowest BCUT2D eigenvalue weighted by Gasteiger charge is -2.52. The summed E-state index contributed by atoms with van der Waals surface area (Å²) in [5.41, 5.74) is 0.197. The molecule has 80 valence electrons. The van der Waals surface area contributed by atoms with Gasteiger partial charge in [0.2, 0.25) is 0 Å². The summed E-state index contributed by atoms with van der Waals surface area (Å²) in [4.78, 5) is 0. The Morgan fingerprint density at radius 3 is 2.00 bits per heavy atom. The maximum Gasteiger partial charge on any atom is 0.0679 e. The van der Waals surface area contributed by atoms with Crippen molar-refractivity contribution >= 4 is 0 Å². The maximum absolute atomic E-state index is 5.71. The Kier molecular flexibility index (Phi) is 1.96. The zero-order valence-electron chi connectivity index (χ0n) is 9.46. The Bertz CT molecular complexity index is 225. The molecule has 3 rings (SSSR count). The molecule has 0 radical (unpaired) electrons. The fourth-order valence-corrected chi connectivity index (χ4v) is 3.44. The van der Waals surface area contributed by atoms with Gasteiger partial charge < -0.3 is 4.74 Å². The molecule has 1 heterocycles. The van der Waals surface area contributed by atoms with Crippen LogP contribution in [0.3, 0.4) is 0 Å². The summed E-state index contributed by atoms with van der Waals surface area (Å²) in [6.07, 6.45) is 7.52. The molecule has 0 bridgehead atoms. The van der Waals surface area contributed by atoms with Gasteiger partial charge in [0.05, 0.1) is 12.2 Å². The molecule has 0 aromatic heterocycles. The molecule has 0 N–H and O–H groups in total. The molecule has 3 fully saturated rings. The molecule has 1 saturated heterocycles. The minimum Gasteiger partial charge on any atom is -0.375 e. The van der Waals surface area contributed by atoms with Crippen LogP contribution in [-0.4, -0.2) is 12.2 Å². The van der Waals surface area contributed by atoms with E-state index in [0.717, 1.165) is 30.3 Å². The third-order valence-corrected chi connectivity index (χ3v) is 4.85. The SMILES string of the molecule is CC1(C)OCC1C(C1CCC1)C1CC1. The molecule has 1 heteroatoms. The summed E-state index contributed by atoms with van der Waals surface area (Å²) in [5.74, 6) is 4.04. The zero-order chi connectivity index (χ0) is 9.76. The van der Waals surface area contributed by atoms with Crippen LogP contribution in [-0.2, 0) is 4.74 Å². The molecule has 0 aromatic carbocycles. The standard InChI is InChI=1S/C13H22O/c1-13(2)11(8-14-13)12(10-6-7-10)9-4-3-5-9/h9-12H,3-8H2,1-2H3. The predicted molar refractivity (Wildman–Crippen MR) is 57.1 cm³/mol. The minimum atomic E-state index is 0.197. The van der Waals surface area contributed by atoms with Crippen molar-refractivity contribution in [3.8, 4) is 0 Å². The van der Waals surface area contributed by atoms with Crippen LogP contribution in [0.15, 0.2) is 0 Å². The molecular weight excluding hydrogens is 172 g/mol. The van der Waals surface area contributed by atoms with Crippen LogP contribution in [0.25, 0.3) is 0 Å². The predicted octanol–water partition coefficient (Wildman–Crippen LogP) is 3.24. The first-order chi connectivity index (χ1) is 6.68. The van der Waals surface area contributed by atoms with E-state index in [2.05, 4.69) is 13.8 Å². The second kappa shape index (κ2) is 2.98. The Morgan fingerprint density at radius 2 is 1.71 bits per heavy atom. The summed E-state index contributed by atoms with van der Waals surface area (Å²) in [7, 11) is 0. The Labute approximate surface area is 87.2 Å². The third-order valence-electron chi connectivity index (χ3n) is 4.85. The second-order valence-corrected chi connectivity index (χ2v) is 6.13. The monoisotopic (exact) mass is 194 g/mol. The van der Waals surface area contributed by atoms with Gasteiger partial charge in [0, 0.05) is 5.92 Å². The Morgan fingerprint density at radius 1 is 1.07 bits per heavy atom. The van der Waals surface area contributed by atoms with Gasteiger partial charge >= 0.3 is 0 Å². The summed E-state index contributed by atoms with van der Waals surface area (Å²) in [6, 6.07) is 0. The van der Waals surface area contributed by atoms with Crippen LogP contribution in [0.1, 0.15) is 46.0 Å². The van der Waals surface area contributed by atoms with E-state index in [9.17, 15) is 0 Å². The van der Waals surface area contributed by atoms with Gasteiger partial charge in [0.1, 0.15) is 0 Å². The van der Waals surface area contributed by atoms with Gasteiger partial charge in [-0.05, 0) is 44.4 Å². The molecule has 3 aliphatic rings. The van der Waals surface area contributed by atoms with E-state index >= 15 is 0 Å². The van der Waals surface area contributed by atoms with E-state index in [0.29, 0.717) is 0 Å². The fourth-order valence-electron chi connectivity index (χ4n) is 3.44. The van der Waals surface area contributed by atoms with Gasteiger partial charge in [0.15, 0.2) is 0 Å². The van der Waals surface area contributed by atoms with E-state index in [1.54, 1.807) is 0 Å². The van der Waals surface area contributed by atoms with Crippen LogP contribution in [0, 0.1) is 23.7 Å². The highest BCUT2D eigenvalue weighted by Crippen LogP contribution is 2.55.